The van der Waals surface area contributed by atoms with E-state index >= 15 is 0 Å². The van der Waals surface area contributed by atoms with Crippen LogP contribution in [0, 0.1) is 10.1 Å². The molecule has 0 aromatic carbocycles. The van der Waals surface area contributed by atoms with Crippen LogP contribution in [0.4, 0.5) is 5.69 Å². The molecule has 0 aliphatic heterocycles. The van der Waals surface area contributed by atoms with Crippen LogP contribution in [0.15, 0.2) is 21.5 Å². The van der Waals surface area contributed by atoms with Crippen LogP contribution in [0.3, 0.4) is 0 Å². The zero-order chi connectivity index (χ0) is 13.1. The third-order valence-corrected chi connectivity index (χ3v) is 3.82. The second-order valence-corrected chi connectivity index (χ2v) is 5.58. The summed E-state index contributed by atoms with van der Waals surface area (Å²) in [6, 6.07) is 2.58. The molecule has 18 heavy (non-hydrogen) atoms. The third kappa shape index (κ3) is 3.15. The van der Waals surface area contributed by atoms with Crippen molar-refractivity contribution in [2.75, 3.05) is 0 Å². The van der Waals surface area contributed by atoms with Gasteiger partial charge in [0.05, 0.1) is 11.0 Å². The predicted octanol–water partition coefficient (Wildman–Crippen LogP) is 3.21. The number of rotatable bonds is 4. The quantitative estimate of drug-likeness (QED) is 0.490. The molecular formula is C9H7ClN4O2S2. The van der Waals surface area contributed by atoms with Crippen LogP contribution in [0.25, 0.3) is 0 Å². The lowest BCUT2D eigenvalue weighted by atomic mass is 10.4. The predicted molar refractivity (Wildman–Crippen MR) is 69.3 cm³/mol. The SMILES string of the molecule is CCc1nsc(Sc2cc([N+](=O)[O-])cc(Cl)n2)n1. The van der Waals surface area contributed by atoms with E-state index in [1.807, 2.05) is 6.92 Å². The van der Waals surface area contributed by atoms with E-state index in [1.165, 1.54) is 35.4 Å². The average Bonchev–Trinajstić information content (AvgIpc) is 2.76. The van der Waals surface area contributed by atoms with Crippen molar-refractivity contribution in [3.05, 3.63) is 33.2 Å². The van der Waals surface area contributed by atoms with Crippen LogP contribution in [-0.4, -0.2) is 19.3 Å². The number of halogens is 1. The summed E-state index contributed by atoms with van der Waals surface area (Å²) in [5, 5.41) is 11.2. The van der Waals surface area contributed by atoms with Gasteiger partial charge in [-0.25, -0.2) is 9.97 Å². The van der Waals surface area contributed by atoms with Gasteiger partial charge >= 0.3 is 0 Å². The van der Waals surface area contributed by atoms with Crippen molar-refractivity contribution in [2.24, 2.45) is 0 Å². The largest absolute Gasteiger partial charge is 0.275 e. The Morgan fingerprint density at radius 1 is 1.50 bits per heavy atom. The molecule has 0 unspecified atom stereocenters. The molecule has 94 valence electrons. The molecule has 2 aromatic rings. The number of nitro groups is 1. The molecule has 0 saturated heterocycles. The Morgan fingerprint density at radius 2 is 2.28 bits per heavy atom. The van der Waals surface area contributed by atoms with Gasteiger partial charge in [-0.1, -0.05) is 18.5 Å². The van der Waals surface area contributed by atoms with Crippen molar-refractivity contribution in [1.29, 1.82) is 0 Å². The molecule has 9 heteroatoms. The molecule has 0 amide bonds. The van der Waals surface area contributed by atoms with Gasteiger partial charge in [0.25, 0.3) is 5.69 Å². The van der Waals surface area contributed by atoms with Gasteiger partial charge in [-0.05, 0) is 23.3 Å². The Labute approximate surface area is 116 Å². The van der Waals surface area contributed by atoms with Gasteiger partial charge in [-0.3, -0.25) is 10.1 Å². The summed E-state index contributed by atoms with van der Waals surface area (Å²) < 4.78 is 4.82. The normalized spacial score (nSPS) is 10.6. The molecule has 0 atom stereocenters. The number of hydrogen-bond donors (Lipinski definition) is 0. The number of nitrogens with zero attached hydrogens (tertiary/aromatic N) is 4. The third-order valence-electron chi connectivity index (χ3n) is 1.92. The second kappa shape index (κ2) is 5.59. The molecule has 2 heterocycles. The van der Waals surface area contributed by atoms with Crippen molar-refractivity contribution < 1.29 is 4.92 Å². The van der Waals surface area contributed by atoms with E-state index in [2.05, 4.69) is 14.3 Å². The molecule has 0 N–H and O–H groups in total. The molecule has 0 aliphatic rings. The van der Waals surface area contributed by atoms with Crippen molar-refractivity contribution in [1.82, 2.24) is 14.3 Å². The Bertz CT molecular complexity index is 590. The fraction of sp³-hybridized carbons (Fsp3) is 0.222. The van der Waals surface area contributed by atoms with Crippen molar-refractivity contribution in [2.45, 2.75) is 22.7 Å². The lowest BCUT2D eigenvalue weighted by Crippen LogP contribution is -1.90. The van der Waals surface area contributed by atoms with Crippen molar-refractivity contribution in [3.8, 4) is 0 Å². The minimum absolute atomic E-state index is 0.0854. The van der Waals surface area contributed by atoms with Crippen LogP contribution >= 0.6 is 34.9 Å². The monoisotopic (exact) mass is 302 g/mol. The average molecular weight is 303 g/mol. The summed E-state index contributed by atoms with van der Waals surface area (Å²) in [6.07, 6.45) is 0.750. The molecule has 0 saturated carbocycles. The smallest absolute Gasteiger partial charge is 0.258 e. The molecular weight excluding hydrogens is 296 g/mol. The first-order chi connectivity index (χ1) is 8.58. The molecule has 0 bridgehead atoms. The maximum absolute atomic E-state index is 10.7. The maximum atomic E-state index is 10.7. The Hall–Kier alpha value is -1.25. The van der Waals surface area contributed by atoms with E-state index in [-0.39, 0.29) is 10.8 Å². The van der Waals surface area contributed by atoms with Crippen LogP contribution in [0.2, 0.25) is 5.15 Å². The topological polar surface area (TPSA) is 81.8 Å². The number of pyridine rings is 1. The zero-order valence-electron chi connectivity index (χ0n) is 9.16. The first kappa shape index (κ1) is 13.2. The first-order valence-electron chi connectivity index (χ1n) is 4.91. The molecule has 2 aromatic heterocycles. The number of aryl methyl sites for hydroxylation is 1. The fourth-order valence-electron chi connectivity index (χ4n) is 1.13. The van der Waals surface area contributed by atoms with Crippen LogP contribution in [0.5, 0.6) is 0 Å². The van der Waals surface area contributed by atoms with Gasteiger partial charge in [-0.15, -0.1) is 0 Å². The van der Waals surface area contributed by atoms with E-state index in [0.29, 0.717) is 9.37 Å². The lowest BCUT2D eigenvalue weighted by Gasteiger charge is -1.98. The Balaban J connectivity index is 2.25. The van der Waals surface area contributed by atoms with Gasteiger partial charge in [0, 0.05) is 12.5 Å². The highest BCUT2D eigenvalue weighted by Gasteiger charge is 2.13. The molecule has 6 nitrogen and oxygen atoms in total. The van der Waals surface area contributed by atoms with E-state index in [1.54, 1.807) is 0 Å². The first-order valence-corrected chi connectivity index (χ1v) is 6.87. The summed E-state index contributed by atoms with van der Waals surface area (Å²) in [7, 11) is 0. The summed E-state index contributed by atoms with van der Waals surface area (Å²) in [5.41, 5.74) is -0.0854. The standard InChI is InChI=1S/C9H7ClN4O2S2/c1-2-7-12-9(18-13-7)17-8-4-5(14(15)16)3-6(10)11-8/h3-4H,2H2,1H3. The number of aromatic nitrogens is 3. The minimum Gasteiger partial charge on any atom is -0.258 e. The highest BCUT2D eigenvalue weighted by atomic mass is 35.5. The molecule has 0 aliphatic carbocycles. The second-order valence-electron chi connectivity index (χ2n) is 3.18. The zero-order valence-corrected chi connectivity index (χ0v) is 11.6. The van der Waals surface area contributed by atoms with Gasteiger partial charge < -0.3 is 0 Å². The van der Waals surface area contributed by atoms with Crippen LogP contribution in [0.1, 0.15) is 12.7 Å². The Morgan fingerprint density at radius 3 is 2.89 bits per heavy atom. The van der Waals surface area contributed by atoms with E-state index in [4.69, 9.17) is 11.6 Å². The molecule has 0 spiro atoms. The fourth-order valence-corrected chi connectivity index (χ4v) is 3.05. The molecule has 0 radical (unpaired) electrons. The maximum Gasteiger partial charge on any atom is 0.275 e. The summed E-state index contributed by atoms with van der Waals surface area (Å²) in [4.78, 5) is 18.4. The van der Waals surface area contributed by atoms with Crippen molar-refractivity contribution in [3.63, 3.8) is 0 Å². The lowest BCUT2D eigenvalue weighted by molar-refractivity contribution is -0.385. The summed E-state index contributed by atoms with van der Waals surface area (Å²) in [5.74, 6) is 0.749. The van der Waals surface area contributed by atoms with Gasteiger partial charge in [0.15, 0.2) is 4.34 Å². The highest BCUT2D eigenvalue weighted by molar-refractivity contribution is 8.00. The highest BCUT2D eigenvalue weighted by Crippen LogP contribution is 2.31. The number of hydrogen-bond acceptors (Lipinski definition) is 7. The summed E-state index contributed by atoms with van der Waals surface area (Å²) >= 11 is 8.18. The van der Waals surface area contributed by atoms with Gasteiger partial charge in [0.1, 0.15) is 16.0 Å². The van der Waals surface area contributed by atoms with E-state index in [0.717, 1.165) is 12.2 Å². The summed E-state index contributed by atoms with van der Waals surface area (Å²) in [6.45, 7) is 1.96. The van der Waals surface area contributed by atoms with Gasteiger partial charge in [-0.2, -0.15) is 4.37 Å². The van der Waals surface area contributed by atoms with Crippen LogP contribution in [-0.2, 0) is 6.42 Å². The Kier molecular flexibility index (Phi) is 4.10. The van der Waals surface area contributed by atoms with Gasteiger partial charge in [0.2, 0.25) is 0 Å². The van der Waals surface area contributed by atoms with Crippen molar-refractivity contribution >= 4 is 40.6 Å². The van der Waals surface area contributed by atoms with E-state index in [9.17, 15) is 10.1 Å². The molecule has 2 rings (SSSR count). The van der Waals surface area contributed by atoms with E-state index < -0.39 is 4.92 Å². The molecule has 0 fully saturated rings. The minimum atomic E-state index is -0.505. The van der Waals surface area contributed by atoms with Crippen LogP contribution < -0.4 is 0 Å².